The number of phenols is 1. The van der Waals surface area contributed by atoms with Crippen molar-refractivity contribution in [1.29, 1.82) is 0 Å². The van der Waals surface area contributed by atoms with E-state index in [2.05, 4.69) is 13.8 Å². The Hall–Kier alpha value is -1.55. The molecule has 1 N–H and O–H groups in total. The molecule has 1 fully saturated rings. The van der Waals surface area contributed by atoms with Crippen molar-refractivity contribution >= 4 is 5.91 Å². The van der Waals surface area contributed by atoms with Crippen molar-refractivity contribution in [3.8, 4) is 5.75 Å². The predicted molar refractivity (Wildman–Crippen MR) is 86.9 cm³/mol. The summed E-state index contributed by atoms with van der Waals surface area (Å²) in [7, 11) is 0. The summed E-state index contributed by atoms with van der Waals surface area (Å²) < 4.78 is 5.30. The minimum Gasteiger partial charge on any atom is -0.508 e. The van der Waals surface area contributed by atoms with E-state index in [0.717, 1.165) is 18.4 Å². The molecule has 4 heteroatoms. The first-order valence-corrected chi connectivity index (χ1v) is 8.21. The number of amides is 1. The summed E-state index contributed by atoms with van der Waals surface area (Å²) >= 11 is 0. The molecule has 1 aliphatic heterocycles. The van der Waals surface area contributed by atoms with Crippen LogP contribution in [0, 0.1) is 5.92 Å². The number of ether oxygens (including phenoxy) is 1. The van der Waals surface area contributed by atoms with Gasteiger partial charge in [-0.2, -0.15) is 0 Å². The van der Waals surface area contributed by atoms with Gasteiger partial charge in [0.25, 0.3) is 0 Å². The summed E-state index contributed by atoms with van der Waals surface area (Å²) in [5.74, 6) is 1.14. The summed E-state index contributed by atoms with van der Waals surface area (Å²) in [6.45, 7) is 6.97. The molecule has 22 heavy (non-hydrogen) atoms. The molecule has 1 amide bonds. The molecule has 1 aromatic rings. The molecule has 1 aliphatic rings. The van der Waals surface area contributed by atoms with Crippen molar-refractivity contribution in [2.45, 2.75) is 39.0 Å². The third-order valence-electron chi connectivity index (χ3n) is 4.25. The Morgan fingerprint density at radius 3 is 2.55 bits per heavy atom. The first-order chi connectivity index (χ1) is 10.6. The van der Waals surface area contributed by atoms with Gasteiger partial charge in [0, 0.05) is 19.5 Å². The molecule has 4 nitrogen and oxygen atoms in total. The quantitative estimate of drug-likeness (QED) is 0.878. The first-order valence-electron chi connectivity index (χ1n) is 8.21. The number of nitrogens with zero attached hydrogens (tertiary/aromatic N) is 1. The Balaban J connectivity index is 2.06. The Morgan fingerprint density at radius 2 is 1.91 bits per heavy atom. The van der Waals surface area contributed by atoms with Gasteiger partial charge in [-0.05, 0) is 29.9 Å². The van der Waals surface area contributed by atoms with Gasteiger partial charge in [0.1, 0.15) is 5.75 Å². The van der Waals surface area contributed by atoms with Crippen LogP contribution in [-0.2, 0) is 9.53 Å². The third-order valence-corrected chi connectivity index (χ3v) is 4.25. The molecule has 2 rings (SSSR count). The van der Waals surface area contributed by atoms with Crippen LogP contribution in [-0.4, -0.2) is 42.2 Å². The fraction of sp³-hybridized carbons (Fsp3) is 0.611. The molecule has 0 bridgehead atoms. The van der Waals surface area contributed by atoms with Crippen molar-refractivity contribution in [1.82, 2.24) is 4.90 Å². The molecule has 0 saturated carbocycles. The van der Waals surface area contributed by atoms with Crippen LogP contribution in [0.3, 0.4) is 0 Å². The maximum absolute atomic E-state index is 12.5. The van der Waals surface area contributed by atoms with Gasteiger partial charge >= 0.3 is 0 Å². The highest BCUT2D eigenvalue weighted by atomic mass is 16.5. The van der Waals surface area contributed by atoms with Gasteiger partial charge in [-0.25, -0.2) is 0 Å². The molecule has 1 heterocycles. The van der Waals surface area contributed by atoms with Crippen molar-refractivity contribution in [2.75, 3.05) is 26.3 Å². The summed E-state index contributed by atoms with van der Waals surface area (Å²) in [4.78, 5) is 14.4. The fourth-order valence-corrected chi connectivity index (χ4v) is 2.89. The van der Waals surface area contributed by atoms with Crippen LogP contribution in [0.25, 0.3) is 0 Å². The maximum atomic E-state index is 12.5. The van der Waals surface area contributed by atoms with Crippen molar-refractivity contribution in [3.63, 3.8) is 0 Å². The summed E-state index contributed by atoms with van der Waals surface area (Å²) in [5.41, 5.74) is 0.893. The summed E-state index contributed by atoms with van der Waals surface area (Å²) in [6.07, 6.45) is 2.44. The normalized spacial score (nSPS) is 16.8. The maximum Gasteiger partial charge on any atom is 0.223 e. The van der Waals surface area contributed by atoms with E-state index < -0.39 is 0 Å². The lowest BCUT2D eigenvalue weighted by molar-refractivity contribution is -0.135. The molecular formula is C18H27NO3. The van der Waals surface area contributed by atoms with Gasteiger partial charge < -0.3 is 14.7 Å². The largest absolute Gasteiger partial charge is 0.508 e. The first kappa shape index (κ1) is 16.8. The highest BCUT2D eigenvalue weighted by molar-refractivity contribution is 5.77. The highest BCUT2D eigenvalue weighted by Crippen LogP contribution is 2.33. The van der Waals surface area contributed by atoms with Gasteiger partial charge in [-0.1, -0.05) is 38.5 Å². The number of carbonyl (C=O) groups is 1. The number of hydrogen-bond acceptors (Lipinski definition) is 3. The number of morpholine rings is 1. The van der Waals surface area contributed by atoms with E-state index in [1.165, 1.54) is 0 Å². The van der Waals surface area contributed by atoms with Crippen molar-refractivity contribution in [2.24, 2.45) is 5.92 Å². The Labute approximate surface area is 133 Å². The Kier molecular flexibility index (Phi) is 6.25. The van der Waals surface area contributed by atoms with Gasteiger partial charge in [-0.15, -0.1) is 0 Å². The van der Waals surface area contributed by atoms with Crippen LogP contribution in [0.4, 0.5) is 0 Å². The zero-order chi connectivity index (χ0) is 15.9. The average molecular weight is 305 g/mol. The van der Waals surface area contributed by atoms with Crippen LogP contribution in [0.1, 0.15) is 44.6 Å². The topological polar surface area (TPSA) is 49.8 Å². The van der Waals surface area contributed by atoms with E-state index in [0.29, 0.717) is 44.4 Å². The Morgan fingerprint density at radius 1 is 1.23 bits per heavy atom. The second-order valence-corrected chi connectivity index (χ2v) is 6.42. The lowest BCUT2D eigenvalue weighted by Gasteiger charge is -2.29. The second kappa shape index (κ2) is 8.18. The fourth-order valence-electron chi connectivity index (χ4n) is 2.89. The average Bonchev–Trinajstić information content (AvgIpc) is 2.52. The SMILES string of the molecule is CC(C)CCC(CC(=O)N1CCOCC1)c1ccccc1O. The molecule has 0 aliphatic carbocycles. The van der Waals surface area contributed by atoms with E-state index in [4.69, 9.17) is 4.74 Å². The van der Waals surface area contributed by atoms with Crippen LogP contribution >= 0.6 is 0 Å². The van der Waals surface area contributed by atoms with Crippen LogP contribution in [0.5, 0.6) is 5.75 Å². The highest BCUT2D eigenvalue weighted by Gasteiger charge is 2.23. The van der Waals surface area contributed by atoms with Gasteiger partial charge in [-0.3, -0.25) is 4.79 Å². The number of benzene rings is 1. The number of phenolic OH excluding ortho intramolecular Hbond substituents is 1. The second-order valence-electron chi connectivity index (χ2n) is 6.42. The number of hydrogen-bond donors (Lipinski definition) is 1. The molecular weight excluding hydrogens is 278 g/mol. The van der Waals surface area contributed by atoms with Gasteiger partial charge in [0.2, 0.25) is 5.91 Å². The molecule has 0 spiro atoms. The lowest BCUT2D eigenvalue weighted by atomic mass is 9.87. The number of para-hydroxylation sites is 1. The standard InChI is InChI=1S/C18H27NO3/c1-14(2)7-8-15(16-5-3-4-6-17(16)20)13-18(21)19-9-11-22-12-10-19/h3-6,14-15,20H,7-13H2,1-2H3. The smallest absolute Gasteiger partial charge is 0.223 e. The van der Waals surface area contributed by atoms with E-state index in [1.54, 1.807) is 6.07 Å². The molecule has 122 valence electrons. The summed E-state index contributed by atoms with van der Waals surface area (Å²) in [5, 5.41) is 10.1. The predicted octanol–water partition coefficient (Wildman–Crippen LogP) is 3.16. The van der Waals surface area contributed by atoms with Gasteiger partial charge in [0.15, 0.2) is 0 Å². The summed E-state index contributed by atoms with van der Waals surface area (Å²) in [6, 6.07) is 7.39. The molecule has 0 aromatic heterocycles. The molecule has 1 saturated heterocycles. The van der Waals surface area contributed by atoms with Crippen molar-refractivity contribution in [3.05, 3.63) is 29.8 Å². The minimum atomic E-state index is 0.0824. The number of rotatable bonds is 6. The van der Waals surface area contributed by atoms with Gasteiger partial charge in [0.05, 0.1) is 13.2 Å². The third kappa shape index (κ3) is 4.73. The van der Waals surface area contributed by atoms with Crippen LogP contribution in [0.15, 0.2) is 24.3 Å². The van der Waals surface area contributed by atoms with Crippen molar-refractivity contribution < 1.29 is 14.6 Å². The lowest BCUT2D eigenvalue weighted by Crippen LogP contribution is -2.41. The number of carbonyl (C=O) groups excluding carboxylic acids is 1. The van der Waals surface area contributed by atoms with E-state index in [9.17, 15) is 9.90 Å². The molecule has 1 atom stereocenters. The van der Waals surface area contributed by atoms with E-state index in [1.807, 2.05) is 23.1 Å². The van der Waals surface area contributed by atoms with Crippen LogP contribution in [0.2, 0.25) is 0 Å². The zero-order valence-electron chi connectivity index (χ0n) is 13.6. The number of aromatic hydroxyl groups is 1. The minimum absolute atomic E-state index is 0.0824. The van der Waals surface area contributed by atoms with E-state index >= 15 is 0 Å². The zero-order valence-corrected chi connectivity index (χ0v) is 13.6. The molecule has 1 aromatic carbocycles. The molecule has 0 radical (unpaired) electrons. The van der Waals surface area contributed by atoms with E-state index in [-0.39, 0.29) is 11.8 Å². The monoisotopic (exact) mass is 305 g/mol. The molecule has 1 unspecified atom stereocenters. The Bertz CT molecular complexity index is 481. The van der Waals surface area contributed by atoms with Crippen LogP contribution < -0.4 is 0 Å².